The molecule has 0 bridgehead atoms. The molecule has 1 fully saturated rings. The van der Waals surface area contributed by atoms with Crippen LogP contribution in [0.2, 0.25) is 5.02 Å². The lowest BCUT2D eigenvalue weighted by Crippen LogP contribution is -2.17. The zero-order valence-corrected chi connectivity index (χ0v) is 12.9. The van der Waals surface area contributed by atoms with E-state index in [2.05, 4.69) is 15.5 Å². The summed E-state index contributed by atoms with van der Waals surface area (Å²) in [6.45, 7) is 2.57. The van der Waals surface area contributed by atoms with E-state index in [0.717, 1.165) is 35.5 Å². The van der Waals surface area contributed by atoms with Crippen molar-refractivity contribution >= 4 is 22.6 Å². The Hall–Kier alpha value is -1.85. The van der Waals surface area contributed by atoms with Gasteiger partial charge in [0, 0.05) is 16.3 Å². The number of hydrogen-bond donors (Lipinski definition) is 1. The molecule has 6 heteroatoms. The van der Waals surface area contributed by atoms with Gasteiger partial charge in [-0.2, -0.15) is 0 Å². The van der Waals surface area contributed by atoms with Gasteiger partial charge in [0.15, 0.2) is 0 Å². The molecule has 22 heavy (non-hydrogen) atoms. The maximum Gasteiger partial charge on any atom is 0.230 e. The maximum absolute atomic E-state index is 6.00. The van der Waals surface area contributed by atoms with Crippen LogP contribution >= 0.6 is 11.6 Å². The number of nitrogens with zero attached hydrogens (tertiary/aromatic N) is 2. The molecule has 1 aliphatic carbocycles. The normalized spacial score (nSPS) is 16.3. The largest absolute Gasteiger partial charge is 0.459 e. The number of benzene rings is 1. The lowest BCUT2D eigenvalue weighted by atomic mass is 10.2. The van der Waals surface area contributed by atoms with E-state index in [0.29, 0.717) is 23.4 Å². The molecular formula is C16H16ClN3O2. The first-order valence-electron chi connectivity index (χ1n) is 7.44. The molecule has 1 N–H and O–H groups in total. The lowest BCUT2D eigenvalue weighted by Gasteiger charge is -2.08. The Bertz CT molecular complexity index is 807. The minimum absolute atomic E-state index is 0.0439. The van der Waals surface area contributed by atoms with Gasteiger partial charge in [-0.05, 0) is 44.0 Å². The fraction of sp³-hybridized carbons (Fsp3) is 0.375. The third-order valence-electron chi connectivity index (χ3n) is 3.89. The van der Waals surface area contributed by atoms with Crippen molar-refractivity contribution in [3.63, 3.8) is 0 Å². The number of hydrogen-bond acceptors (Lipinski definition) is 5. The highest BCUT2D eigenvalue weighted by molar-refractivity contribution is 6.31. The van der Waals surface area contributed by atoms with Crippen molar-refractivity contribution in [1.29, 1.82) is 0 Å². The summed E-state index contributed by atoms with van der Waals surface area (Å²) in [6, 6.07) is 7.65. The monoisotopic (exact) mass is 317 g/mol. The second-order valence-electron chi connectivity index (χ2n) is 5.74. The predicted octanol–water partition coefficient (Wildman–Crippen LogP) is 4.20. The molecule has 3 aromatic rings. The summed E-state index contributed by atoms with van der Waals surface area (Å²) in [5, 5.41) is 13.2. The fourth-order valence-electron chi connectivity index (χ4n) is 2.42. The van der Waals surface area contributed by atoms with Gasteiger partial charge in [0.1, 0.15) is 11.3 Å². The van der Waals surface area contributed by atoms with Crippen LogP contribution in [0.3, 0.4) is 0 Å². The summed E-state index contributed by atoms with van der Waals surface area (Å²) in [4.78, 5) is 0. The third kappa shape index (κ3) is 2.74. The van der Waals surface area contributed by atoms with Gasteiger partial charge in [-0.25, -0.2) is 0 Å². The number of furan rings is 1. The highest BCUT2D eigenvalue weighted by atomic mass is 35.5. The van der Waals surface area contributed by atoms with Crippen LogP contribution in [0.15, 0.2) is 33.1 Å². The smallest absolute Gasteiger partial charge is 0.230 e. The Morgan fingerprint density at radius 2 is 2.14 bits per heavy atom. The summed E-state index contributed by atoms with van der Waals surface area (Å²) in [5.41, 5.74) is 0.835. The molecular weight excluding hydrogens is 302 g/mol. The number of rotatable bonds is 5. The summed E-state index contributed by atoms with van der Waals surface area (Å²) >= 11 is 6.00. The number of halogens is 1. The fourth-order valence-corrected chi connectivity index (χ4v) is 2.60. The van der Waals surface area contributed by atoms with Crippen molar-refractivity contribution in [1.82, 2.24) is 15.5 Å². The van der Waals surface area contributed by atoms with Crippen LogP contribution < -0.4 is 5.32 Å². The number of nitrogens with one attached hydrogen (secondary N) is 1. The van der Waals surface area contributed by atoms with Gasteiger partial charge in [0.25, 0.3) is 0 Å². The maximum atomic E-state index is 6.00. The van der Waals surface area contributed by atoms with Gasteiger partial charge in [-0.3, -0.25) is 5.32 Å². The minimum atomic E-state index is 0.0439. The molecule has 0 unspecified atom stereocenters. The molecule has 1 aromatic carbocycles. The van der Waals surface area contributed by atoms with Gasteiger partial charge >= 0.3 is 0 Å². The molecule has 4 rings (SSSR count). The van der Waals surface area contributed by atoms with Gasteiger partial charge in [0.05, 0.1) is 12.6 Å². The molecule has 0 amide bonds. The van der Waals surface area contributed by atoms with Gasteiger partial charge in [-0.15, -0.1) is 10.2 Å². The lowest BCUT2D eigenvalue weighted by molar-refractivity contribution is 0.397. The summed E-state index contributed by atoms with van der Waals surface area (Å²) in [5.74, 6) is 2.73. The topological polar surface area (TPSA) is 64.1 Å². The minimum Gasteiger partial charge on any atom is -0.459 e. The van der Waals surface area contributed by atoms with E-state index in [1.807, 2.05) is 31.2 Å². The van der Waals surface area contributed by atoms with E-state index < -0.39 is 0 Å². The Morgan fingerprint density at radius 3 is 2.95 bits per heavy atom. The molecule has 0 aliphatic heterocycles. The standard InChI is InChI=1S/C16H16ClN3O2/c1-9(14-7-11-6-12(17)4-5-13(11)21-14)18-8-15-19-20-16(22-15)10-2-3-10/h4-7,9-10,18H,2-3,8H2,1H3/t9-/m1/s1. The summed E-state index contributed by atoms with van der Waals surface area (Å²) in [7, 11) is 0. The third-order valence-corrected chi connectivity index (χ3v) is 4.13. The highest BCUT2D eigenvalue weighted by Crippen LogP contribution is 2.39. The molecule has 5 nitrogen and oxygen atoms in total. The van der Waals surface area contributed by atoms with Gasteiger partial charge in [-0.1, -0.05) is 11.6 Å². The van der Waals surface area contributed by atoms with E-state index in [4.69, 9.17) is 20.4 Å². The van der Waals surface area contributed by atoms with Crippen LogP contribution in [0.5, 0.6) is 0 Å². The molecule has 2 aromatic heterocycles. The molecule has 0 saturated heterocycles. The van der Waals surface area contributed by atoms with Crippen molar-refractivity contribution < 1.29 is 8.83 Å². The number of aromatic nitrogens is 2. The van der Waals surface area contributed by atoms with Crippen LogP contribution in [0, 0.1) is 0 Å². The van der Waals surface area contributed by atoms with Gasteiger partial charge < -0.3 is 8.83 Å². The Balaban J connectivity index is 1.44. The van der Waals surface area contributed by atoms with Gasteiger partial charge in [0.2, 0.25) is 11.8 Å². The molecule has 114 valence electrons. The SMILES string of the molecule is C[C@@H](NCc1nnc(C2CC2)o1)c1cc2cc(Cl)ccc2o1. The number of fused-ring (bicyclic) bond motifs is 1. The molecule has 1 atom stereocenters. The van der Waals surface area contributed by atoms with Crippen molar-refractivity contribution in [2.75, 3.05) is 0 Å². The highest BCUT2D eigenvalue weighted by Gasteiger charge is 2.29. The van der Waals surface area contributed by atoms with E-state index >= 15 is 0 Å². The van der Waals surface area contributed by atoms with Crippen molar-refractivity contribution in [2.45, 2.75) is 38.3 Å². The van der Waals surface area contributed by atoms with E-state index in [-0.39, 0.29) is 6.04 Å². The summed E-state index contributed by atoms with van der Waals surface area (Å²) < 4.78 is 11.5. The molecule has 1 aliphatic rings. The molecule has 0 radical (unpaired) electrons. The van der Waals surface area contributed by atoms with Crippen LogP contribution in [0.4, 0.5) is 0 Å². The van der Waals surface area contributed by atoms with Crippen molar-refractivity contribution in [3.8, 4) is 0 Å². The predicted molar refractivity (Wildman–Crippen MR) is 82.8 cm³/mol. The zero-order chi connectivity index (χ0) is 15.1. The summed E-state index contributed by atoms with van der Waals surface area (Å²) in [6.07, 6.45) is 2.32. The Labute approximate surface area is 132 Å². The first-order chi connectivity index (χ1) is 10.7. The zero-order valence-electron chi connectivity index (χ0n) is 12.2. The Morgan fingerprint density at radius 1 is 1.27 bits per heavy atom. The van der Waals surface area contributed by atoms with E-state index in [1.165, 1.54) is 0 Å². The second-order valence-corrected chi connectivity index (χ2v) is 6.18. The average Bonchev–Trinajstić information content (AvgIpc) is 3.10. The second kappa shape index (κ2) is 5.41. The van der Waals surface area contributed by atoms with Crippen LogP contribution in [0.1, 0.15) is 49.3 Å². The van der Waals surface area contributed by atoms with Crippen molar-refractivity contribution in [3.05, 3.63) is 46.8 Å². The molecule has 0 spiro atoms. The Kier molecular flexibility index (Phi) is 3.39. The first-order valence-corrected chi connectivity index (χ1v) is 7.81. The quantitative estimate of drug-likeness (QED) is 0.764. The van der Waals surface area contributed by atoms with Crippen molar-refractivity contribution in [2.24, 2.45) is 0 Å². The van der Waals surface area contributed by atoms with Crippen LogP contribution in [0.25, 0.3) is 11.0 Å². The molecule has 2 heterocycles. The van der Waals surface area contributed by atoms with Crippen LogP contribution in [-0.4, -0.2) is 10.2 Å². The van der Waals surface area contributed by atoms with E-state index in [1.54, 1.807) is 0 Å². The average molecular weight is 318 g/mol. The molecule has 1 saturated carbocycles. The first kappa shape index (κ1) is 13.8. The van der Waals surface area contributed by atoms with E-state index in [9.17, 15) is 0 Å². The van der Waals surface area contributed by atoms with Crippen LogP contribution in [-0.2, 0) is 6.54 Å².